The van der Waals surface area contributed by atoms with Crippen molar-refractivity contribution in [3.05, 3.63) is 53.6 Å². The molecule has 0 bridgehead atoms. The molecule has 7 heteroatoms. The molecule has 0 saturated heterocycles. The first-order valence-corrected chi connectivity index (χ1v) is 9.31. The van der Waals surface area contributed by atoms with E-state index in [1.807, 2.05) is 39.0 Å². The summed E-state index contributed by atoms with van der Waals surface area (Å²) in [5.74, 6) is 1.11. The lowest BCUT2D eigenvalue weighted by atomic mass is 10.1. The normalized spacial score (nSPS) is 13.6. The Balaban J connectivity index is 1.71. The van der Waals surface area contributed by atoms with E-state index in [-0.39, 0.29) is 24.0 Å². The zero-order valence-corrected chi connectivity index (χ0v) is 16.2. The Bertz CT molecular complexity index is 866. The summed E-state index contributed by atoms with van der Waals surface area (Å²) in [4.78, 5) is 24.8. The lowest BCUT2D eigenvalue weighted by Crippen LogP contribution is -2.35. The van der Waals surface area contributed by atoms with E-state index in [4.69, 9.17) is 9.47 Å². The highest BCUT2D eigenvalue weighted by Gasteiger charge is 2.18. The van der Waals surface area contributed by atoms with E-state index in [1.165, 1.54) is 0 Å². The number of benzene rings is 2. The smallest absolute Gasteiger partial charge is 0.319 e. The highest BCUT2D eigenvalue weighted by Crippen LogP contribution is 2.32. The second-order valence-electron chi connectivity index (χ2n) is 6.90. The van der Waals surface area contributed by atoms with Crippen molar-refractivity contribution < 1.29 is 19.1 Å². The number of rotatable bonds is 5. The van der Waals surface area contributed by atoms with Crippen molar-refractivity contribution in [2.24, 2.45) is 0 Å². The van der Waals surface area contributed by atoms with Gasteiger partial charge in [-0.05, 0) is 50.6 Å². The first-order chi connectivity index (χ1) is 13.4. The molecule has 2 aromatic carbocycles. The third kappa shape index (κ3) is 4.73. The van der Waals surface area contributed by atoms with Crippen molar-refractivity contribution in [1.82, 2.24) is 10.6 Å². The number of carbonyl (C=O) groups excluding carboxylic acids is 2. The number of hydrogen-bond acceptors (Lipinski definition) is 4. The van der Waals surface area contributed by atoms with E-state index in [1.54, 1.807) is 24.3 Å². The largest absolute Gasteiger partial charge is 0.486 e. The molecule has 0 fully saturated rings. The molecule has 3 rings (SSSR count). The SMILES string of the molecule is CC(C)NC(=O)Nc1ccccc1C(=O)NC(C)c1ccc2c(c1)OCCO2. The van der Waals surface area contributed by atoms with Crippen LogP contribution in [0.15, 0.2) is 42.5 Å². The van der Waals surface area contributed by atoms with Gasteiger partial charge in [0, 0.05) is 6.04 Å². The minimum atomic E-state index is -0.352. The molecule has 1 heterocycles. The zero-order chi connectivity index (χ0) is 20.1. The van der Waals surface area contributed by atoms with Crippen molar-refractivity contribution in [3.8, 4) is 11.5 Å². The Morgan fingerprint density at radius 3 is 2.39 bits per heavy atom. The molecule has 0 spiro atoms. The van der Waals surface area contributed by atoms with Crippen LogP contribution < -0.4 is 25.4 Å². The molecule has 1 aliphatic rings. The Hall–Kier alpha value is -3.22. The van der Waals surface area contributed by atoms with Gasteiger partial charge in [0.15, 0.2) is 11.5 Å². The summed E-state index contributed by atoms with van der Waals surface area (Å²) in [5, 5.41) is 8.44. The summed E-state index contributed by atoms with van der Waals surface area (Å²) in [5.41, 5.74) is 1.75. The lowest BCUT2D eigenvalue weighted by Gasteiger charge is -2.21. The van der Waals surface area contributed by atoms with Crippen molar-refractivity contribution in [1.29, 1.82) is 0 Å². The van der Waals surface area contributed by atoms with Crippen LogP contribution in [0.5, 0.6) is 11.5 Å². The molecule has 0 saturated carbocycles. The molecule has 3 N–H and O–H groups in total. The number of hydrogen-bond donors (Lipinski definition) is 3. The van der Waals surface area contributed by atoms with E-state index in [0.717, 1.165) is 5.56 Å². The van der Waals surface area contributed by atoms with Crippen LogP contribution in [-0.4, -0.2) is 31.2 Å². The van der Waals surface area contributed by atoms with Crippen LogP contribution in [-0.2, 0) is 0 Å². The summed E-state index contributed by atoms with van der Waals surface area (Å²) in [7, 11) is 0. The number of amides is 3. The summed E-state index contributed by atoms with van der Waals surface area (Å²) in [6, 6.07) is 11.9. The fraction of sp³-hybridized carbons (Fsp3) is 0.333. The number of fused-ring (bicyclic) bond motifs is 1. The topological polar surface area (TPSA) is 88.7 Å². The summed E-state index contributed by atoms with van der Waals surface area (Å²) in [6.07, 6.45) is 0. The van der Waals surface area contributed by atoms with Gasteiger partial charge >= 0.3 is 6.03 Å². The van der Waals surface area contributed by atoms with Crippen LogP contribution in [0.25, 0.3) is 0 Å². The molecule has 1 atom stereocenters. The quantitative estimate of drug-likeness (QED) is 0.738. The minimum absolute atomic E-state index is 0.00350. The average molecular weight is 383 g/mol. The predicted octanol–water partition coefficient (Wildman–Crippen LogP) is 3.48. The number of ether oxygens (including phenoxy) is 2. The third-order valence-electron chi connectivity index (χ3n) is 4.25. The van der Waals surface area contributed by atoms with Crippen molar-refractivity contribution >= 4 is 17.6 Å². The Labute approximate surface area is 164 Å². The number of carbonyl (C=O) groups is 2. The molecule has 28 heavy (non-hydrogen) atoms. The summed E-state index contributed by atoms with van der Waals surface area (Å²) in [6.45, 7) is 6.67. The molecule has 1 unspecified atom stereocenters. The van der Waals surface area contributed by atoms with Crippen molar-refractivity contribution in [2.75, 3.05) is 18.5 Å². The number of urea groups is 1. The van der Waals surface area contributed by atoms with Crippen LogP contribution in [0.1, 0.15) is 42.7 Å². The van der Waals surface area contributed by atoms with Crippen LogP contribution >= 0.6 is 0 Å². The molecular formula is C21H25N3O4. The molecular weight excluding hydrogens is 358 g/mol. The molecule has 0 radical (unpaired) electrons. The number of nitrogens with one attached hydrogen (secondary N) is 3. The van der Waals surface area contributed by atoms with E-state index in [9.17, 15) is 9.59 Å². The summed E-state index contributed by atoms with van der Waals surface area (Å²) < 4.78 is 11.1. The van der Waals surface area contributed by atoms with Crippen LogP contribution in [0.3, 0.4) is 0 Å². The van der Waals surface area contributed by atoms with Gasteiger partial charge in [-0.2, -0.15) is 0 Å². The Morgan fingerprint density at radius 1 is 0.929 bits per heavy atom. The molecule has 0 aliphatic carbocycles. The van der Waals surface area contributed by atoms with Gasteiger partial charge in [-0.1, -0.05) is 18.2 Å². The highest BCUT2D eigenvalue weighted by molar-refractivity contribution is 6.03. The van der Waals surface area contributed by atoms with Crippen molar-refractivity contribution in [2.45, 2.75) is 32.9 Å². The van der Waals surface area contributed by atoms with Gasteiger partial charge in [-0.15, -0.1) is 0 Å². The maximum absolute atomic E-state index is 12.8. The van der Waals surface area contributed by atoms with Gasteiger partial charge in [0.1, 0.15) is 13.2 Å². The average Bonchev–Trinajstić information content (AvgIpc) is 2.67. The van der Waals surface area contributed by atoms with E-state index < -0.39 is 0 Å². The third-order valence-corrected chi connectivity index (χ3v) is 4.25. The first-order valence-electron chi connectivity index (χ1n) is 9.31. The molecule has 3 amide bonds. The van der Waals surface area contributed by atoms with Gasteiger partial charge in [-0.25, -0.2) is 4.79 Å². The fourth-order valence-electron chi connectivity index (χ4n) is 2.90. The molecule has 2 aromatic rings. The van der Waals surface area contributed by atoms with Gasteiger partial charge in [0.25, 0.3) is 5.91 Å². The van der Waals surface area contributed by atoms with E-state index >= 15 is 0 Å². The molecule has 0 aromatic heterocycles. The van der Waals surface area contributed by atoms with Crippen molar-refractivity contribution in [3.63, 3.8) is 0 Å². The van der Waals surface area contributed by atoms with E-state index in [2.05, 4.69) is 16.0 Å². The predicted molar refractivity (Wildman–Crippen MR) is 107 cm³/mol. The zero-order valence-electron chi connectivity index (χ0n) is 16.2. The first kappa shape index (κ1) is 19.5. The summed E-state index contributed by atoms with van der Waals surface area (Å²) >= 11 is 0. The molecule has 1 aliphatic heterocycles. The second kappa shape index (κ2) is 8.65. The maximum Gasteiger partial charge on any atom is 0.319 e. The Morgan fingerprint density at radius 2 is 1.64 bits per heavy atom. The molecule has 7 nitrogen and oxygen atoms in total. The van der Waals surface area contributed by atoms with Gasteiger partial charge in [0.2, 0.25) is 0 Å². The van der Waals surface area contributed by atoms with Crippen LogP contribution in [0, 0.1) is 0 Å². The highest BCUT2D eigenvalue weighted by atomic mass is 16.6. The minimum Gasteiger partial charge on any atom is -0.486 e. The van der Waals surface area contributed by atoms with Crippen LogP contribution in [0.4, 0.5) is 10.5 Å². The molecule has 148 valence electrons. The number of para-hydroxylation sites is 1. The van der Waals surface area contributed by atoms with Gasteiger partial charge < -0.3 is 25.4 Å². The van der Waals surface area contributed by atoms with Crippen LogP contribution in [0.2, 0.25) is 0 Å². The monoisotopic (exact) mass is 383 g/mol. The standard InChI is InChI=1S/C21H25N3O4/c1-13(2)22-21(26)24-17-7-5-4-6-16(17)20(25)23-14(3)15-8-9-18-19(12-15)28-11-10-27-18/h4-9,12-14H,10-11H2,1-3H3,(H,23,25)(H2,22,24,26). The second-order valence-corrected chi connectivity index (χ2v) is 6.90. The Kier molecular flexibility index (Phi) is 6.03. The fourth-order valence-corrected chi connectivity index (χ4v) is 2.90. The maximum atomic E-state index is 12.8. The van der Waals surface area contributed by atoms with Gasteiger partial charge in [0.05, 0.1) is 17.3 Å². The lowest BCUT2D eigenvalue weighted by molar-refractivity contribution is 0.0940. The number of anilines is 1. The van der Waals surface area contributed by atoms with E-state index in [0.29, 0.717) is 36.0 Å². The van der Waals surface area contributed by atoms with Gasteiger partial charge in [-0.3, -0.25) is 4.79 Å².